The Hall–Kier alpha value is -1.46. The molecule has 4 heterocycles. The Morgan fingerprint density at radius 3 is 2.24 bits per heavy atom. The summed E-state index contributed by atoms with van der Waals surface area (Å²) in [5.41, 5.74) is 1.23. The Bertz CT molecular complexity index is 825. The largest absolute Gasteiger partial charge is 0.497 e. The second-order valence-corrected chi connectivity index (χ2v) is 10.3. The predicted octanol–water partition coefficient (Wildman–Crippen LogP) is 2.23. The summed E-state index contributed by atoms with van der Waals surface area (Å²) in [6, 6.07) is 8.26. The van der Waals surface area contributed by atoms with Crippen LogP contribution in [-0.4, -0.2) is 100 Å². The molecule has 0 amide bonds. The summed E-state index contributed by atoms with van der Waals surface area (Å²) in [4.78, 5) is 4.83. The number of fused-ring (bicyclic) bond motifs is 1. The zero-order valence-corrected chi connectivity index (χ0v) is 20.9. The van der Waals surface area contributed by atoms with Gasteiger partial charge in [-0.05, 0) is 52.0 Å². The standard InChI is InChI=1S/C25H38N2O7/c1-24(2)30-16-19(32-24)20-21-22(34-25(3,4)33-21)23(31-20)29-15-14-26-10-12-27(13-11-26)17-6-8-18(28-5)9-7-17/h6-9,19-23H,10-16H2,1-5H3/t19?,20-,21+,22+,23+/m1/s1. The first-order valence-electron chi connectivity index (χ1n) is 12.3. The fourth-order valence-electron chi connectivity index (χ4n) is 5.22. The number of methoxy groups -OCH3 is 1. The van der Waals surface area contributed by atoms with Gasteiger partial charge in [-0.2, -0.15) is 0 Å². The van der Waals surface area contributed by atoms with Crippen LogP contribution in [0.3, 0.4) is 0 Å². The van der Waals surface area contributed by atoms with Gasteiger partial charge in [0.05, 0.1) is 20.3 Å². The van der Waals surface area contributed by atoms with E-state index in [0.29, 0.717) is 13.2 Å². The highest BCUT2D eigenvalue weighted by Gasteiger charge is 2.59. The summed E-state index contributed by atoms with van der Waals surface area (Å²) in [6.07, 6.45) is -1.49. The highest BCUT2D eigenvalue weighted by Crippen LogP contribution is 2.42. The van der Waals surface area contributed by atoms with Crippen molar-refractivity contribution < 1.29 is 33.2 Å². The fourth-order valence-corrected chi connectivity index (χ4v) is 5.22. The van der Waals surface area contributed by atoms with Crippen LogP contribution >= 0.6 is 0 Å². The summed E-state index contributed by atoms with van der Waals surface area (Å²) in [5, 5.41) is 0. The molecule has 9 heteroatoms. The Balaban J connectivity index is 1.10. The smallest absolute Gasteiger partial charge is 0.187 e. The van der Waals surface area contributed by atoms with E-state index in [1.807, 2.05) is 39.8 Å². The maximum atomic E-state index is 6.27. The number of nitrogens with zero attached hydrogens (tertiary/aromatic N) is 2. The Labute approximate surface area is 202 Å². The van der Waals surface area contributed by atoms with E-state index in [-0.39, 0.29) is 24.4 Å². The maximum absolute atomic E-state index is 6.27. The van der Waals surface area contributed by atoms with Crippen LogP contribution in [0.1, 0.15) is 27.7 Å². The molecule has 5 atom stereocenters. The molecule has 4 aliphatic rings. The molecular weight excluding hydrogens is 440 g/mol. The first kappa shape index (κ1) is 24.2. The van der Waals surface area contributed by atoms with Crippen LogP contribution in [0.2, 0.25) is 0 Å². The molecule has 0 bridgehead atoms. The molecular formula is C25H38N2O7. The number of benzene rings is 1. The van der Waals surface area contributed by atoms with Gasteiger partial charge in [-0.3, -0.25) is 4.90 Å². The molecule has 4 aliphatic heterocycles. The summed E-state index contributed by atoms with van der Waals surface area (Å²) in [7, 11) is 1.69. The lowest BCUT2D eigenvalue weighted by Crippen LogP contribution is -2.47. The summed E-state index contributed by atoms with van der Waals surface area (Å²) in [5.74, 6) is -0.411. The monoisotopic (exact) mass is 478 g/mol. The van der Waals surface area contributed by atoms with E-state index < -0.39 is 17.9 Å². The highest BCUT2D eigenvalue weighted by atomic mass is 16.8. The van der Waals surface area contributed by atoms with E-state index in [1.54, 1.807) is 7.11 Å². The predicted molar refractivity (Wildman–Crippen MR) is 125 cm³/mol. The van der Waals surface area contributed by atoms with Crippen LogP contribution in [0.25, 0.3) is 0 Å². The molecule has 0 aliphatic carbocycles. The first-order chi connectivity index (χ1) is 16.2. The van der Waals surface area contributed by atoms with E-state index in [2.05, 4.69) is 21.9 Å². The number of ether oxygens (including phenoxy) is 7. The van der Waals surface area contributed by atoms with Gasteiger partial charge in [-0.1, -0.05) is 0 Å². The van der Waals surface area contributed by atoms with Gasteiger partial charge in [-0.25, -0.2) is 0 Å². The Morgan fingerprint density at radius 1 is 0.882 bits per heavy atom. The first-order valence-corrected chi connectivity index (χ1v) is 12.3. The van der Waals surface area contributed by atoms with Gasteiger partial charge in [0.25, 0.3) is 0 Å². The molecule has 4 fully saturated rings. The highest BCUT2D eigenvalue weighted by molar-refractivity contribution is 5.49. The topological polar surface area (TPSA) is 71.1 Å². The number of hydrogen-bond donors (Lipinski definition) is 0. The number of rotatable bonds is 7. The van der Waals surface area contributed by atoms with Gasteiger partial charge >= 0.3 is 0 Å². The minimum absolute atomic E-state index is 0.209. The summed E-state index contributed by atoms with van der Waals surface area (Å²) >= 11 is 0. The van der Waals surface area contributed by atoms with E-state index in [0.717, 1.165) is 38.5 Å². The lowest BCUT2D eigenvalue weighted by molar-refractivity contribution is -0.247. The van der Waals surface area contributed by atoms with E-state index in [9.17, 15) is 0 Å². The van der Waals surface area contributed by atoms with Crippen molar-refractivity contribution in [2.45, 2.75) is 70.0 Å². The molecule has 1 aromatic carbocycles. The molecule has 4 saturated heterocycles. The summed E-state index contributed by atoms with van der Waals surface area (Å²) in [6.45, 7) is 13.5. The molecule has 0 spiro atoms. The van der Waals surface area contributed by atoms with Crippen molar-refractivity contribution in [3.63, 3.8) is 0 Å². The van der Waals surface area contributed by atoms with Gasteiger partial charge in [0.15, 0.2) is 17.9 Å². The van der Waals surface area contributed by atoms with E-state index in [1.165, 1.54) is 5.69 Å². The van der Waals surface area contributed by atoms with E-state index in [4.69, 9.17) is 33.2 Å². The lowest BCUT2D eigenvalue weighted by Gasteiger charge is -2.36. The van der Waals surface area contributed by atoms with Crippen molar-refractivity contribution in [2.75, 3.05) is 57.9 Å². The van der Waals surface area contributed by atoms with Crippen molar-refractivity contribution >= 4 is 5.69 Å². The van der Waals surface area contributed by atoms with Crippen LogP contribution in [0.4, 0.5) is 5.69 Å². The fraction of sp³-hybridized carbons (Fsp3) is 0.760. The Morgan fingerprint density at radius 2 is 1.59 bits per heavy atom. The average molecular weight is 479 g/mol. The molecule has 5 rings (SSSR count). The summed E-state index contributed by atoms with van der Waals surface area (Å²) < 4.78 is 41.9. The molecule has 34 heavy (non-hydrogen) atoms. The molecule has 9 nitrogen and oxygen atoms in total. The van der Waals surface area contributed by atoms with Crippen molar-refractivity contribution in [3.8, 4) is 5.75 Å². The second kappa shape index (κ2) is 9.54. The molecule has 0 saturated carbocycles. The SMILES string of the molecule is COc1ccc(N2CCN(CCO[C@H]3O[C@H](C4COC(C)(C)O4)[C@@H]4OC(C)(C)O[C@H]34)CC2)cc1. The molecule has 190 valence electrons. The van der Waals surface area contributed by atoms with Crippen molar-refractivity contribution in [1.82, 2.24) is 4.90 Å². The molecule has 0 aromatic heterocycles. The number of piperazine rings is 1. The second-order valence-electron chi connectivity index (χ2n) is 10.3. The third-order valence-electron chi connectivity index (χ3n) is 6.94. The average Bonchev–Trinajstić information content (AvgIpc) is 3.44. The van der Waals surface area contributed by atoms with Crippen molar-refractivity contribution in [1.29, 1.82) is 0 Å². The normalized spacial score (nSPS) is 35.0. The van der Waals surface area contributed by atoms with Crippen molar-refractivity contribution in [3.05, 3.63) is 24.3 Å². The molecule has 1 aromatic rings. The van der Waals surface area contributed by atoms with Gasteiger partial charge in [0.2, 0.25) is 0 Å². The minimum Gasteiger partial charge on any atom is -0.497 e. The van der Waals surface area contributed by atoms with Gasteiger partial charge in [0.1, 0.15) is 30.2 Å². The van der Waals surface area contributed by atoms with Gasteiger partial charge in [0, 0.05) is 38.4 Å². The molecule has 1 unspecified atom stereocenters. The van der Waals surface area contributed by atoms with E-state index >= 15 is 0 Å². The number of anilines is 1. The zero-order valence-electron chi connectivity index (χ0n) is 20.9. The van der Waals surface area contributed by atoms with Gasteiger partial charge < -0.3 is 38.1 Å². The third kappa shape index (κ3) is 5.21. The maximum Gasteiger partial charge on any atom is 0.187 e. The van der Waals surface area contributed by atoms with Crippen LogP contribution in [-0.2, 0) is 28.4 Å². The zero-order chi connectivity index (χ0) is 23.9. The van der Waals surface area contributed by atoms with Crippen LogP contribution in [0.15, 0.2) is 24.3 Å². The Kier molecular flexibility index (Phi) is 6.80. The number of hydrogen-bond acceptors (Lipinski definition) is 9. The van der Waals surface area contributed by atoms with Crippen LogP contribution < -0.4 is 9.64 Å². The van der Waals surface area contributed by atoms with Crippen molar-refractivity contribution in [2.24, 2.45) is 0 Å². The quantitative estimate of drug-likeness (QED) is 0.587. The van der Waals surface area contributed by atoms with Gasteiger partial charge in [-0.15, -0.1) is 0 Å². The molecule has 0 radical (unpaired) electrons. The van der Waals surface area contributed by atoms with Crippen LogP contribution in [0, 0.1) is 0 Å². The lowest BCUT2D eigenvalue weighted by atomic mass is 10.1. The van der Waals surface area contributed by atoms with Crippen LogP contribution in [0.5, 0.6) is 5.75 Å². The molecule has 0 N–H and O–H groups in total. The minimum atomic E-state index is -0.675. The third-order valence-corrected chi connectivity index (χ3v) is 6.94.